The standard InChI is InChI=1S/C14H18N2O2/c1-10-4-7-13(17-3)11(8-10)5-6-12-9-16-14(15-2)18-12/h4,7-9H,5-6H2,1-3H3,(H,15,16). The minimum Gasteiger partial charge on any atom is -0.496 e. The average molecular weight is 246 g/mol. The Hall–Kier alpha value is -1.97. The topological polar surface area (TPSA) is 47.3 Å². The molecule has 4 nitrogen and oxygen atoms in total. The summed E-state index contributed by atoms with van der Waals surface area (Å²) in [5.74, 6) is 1.80. The Morgan fingerprint density at radius 1 is 1.33 bits per heavy atom. The fourth-order valence-corrected chi connectivity index (χ4v) is 1.90. The molecule has 0 bridgehead atoms. The maximum absolute atomic E-state index is 5.50. The molecule has 1 heterocycles. The number of hydrogen-bond acceptors (Lipinski definition) is 4. The number of hydrogen-bond donors (Lipinski definition) is 1. The van der Waals surface area contributed by atoms with Crippen LogP contribution >= 0.6 is 0 Å². The van der Waals surface area contributed by atoms with Gasteiger partial charge in [-0.2, -0.15) is 0 Å². The van der Waals surface area contributed by atoms with Crippen LogP contribution in [-0.4, -0.2) is 19.1 Å². The van der Waals surface area contributed by atoms with Crippen LogP contribution in [0.5, 0.6) is 5.75 Å². The molecule has 0 aliphatic carbocycles. The molecule has 1 N–H and O–H groups in total. The highest BCUT2D eigenvalue weighted by Crippen LogP contribution is 2.22. The van der Waals surface area contributed by atoms with E-state index in [1.54, 1.807) is 20.4 Å². The van der Waals surface area contributed by atoms with Crippen LogP contribution in [0.4, 0.5) is 6.01 Å². The Morgan fingerprint density at radius 3 is 2.83 bits per heavy atom. The number of aromatic nitrogens is 1. The van der Waals surface area contributed by atoms with Crippen LogP contribution in [0, 0.1) is 6.92 Å². The summed E-state index contributed by atoms with van der Waals surface area (Å²) < 4.78 is 10.9. The molecule has 4 heteroatoms. The zero-order valence-electron chi connectivity index (χ0n) is 11.0. The van der Waals surface area contributed by atoms with Gasteiger partial charge in [0.2, 0.25) is 0 Å². The largest absolute Gasteiger partial charge is 0.496 e. The van der Waals surface area contributed by atoms with Gasteiger partial charge in [-0.3, -0.25) is 0 Å². The van der Waals surface area contributed by atoms with Crippen molar-refractivity contribution in [2.45, 2.75) is 19.8 Å². The molecular formula is C14H18N2O2. The third kappa shape index (κ3) is 2.83. The molecule has 1 aromatic carbocycles. The first-order valence-electron chi connectivity index (χ1n) is 5.99. The third-order valence-corrected chi connectivity index (χ3v) is 2.84. The van der Waals surface area contributed by atoms with E-state index in [-0.39, 0.29) is 0 Å². The molecule has 2 aromatic rings. The van der Waals surface area contributed by atoms with Gasteiger partial charge in [-0.1, -0.05) is 17.7 Å². The summed E-state index contributed by atoms with van der Waals surface area (Å²) in [5.41, 5.74) is 2.43. The summed E-state index contributed by atoms with van der Waals surface area (Å²) in [7, 11) is 3.49. The summed E-state index contributed by atoms with van der Waals surface area (Å²) in [6, 6.07) is 6.76. The first-order chi connectivity index (χ1) is 8.72. The van der Waals surface area contributed by atoms with Gasteiger partial charge in [0.05, 0.1) is 13.3 Å². The van der Waals surface area contributed by atoms with Crippen molar-refractivity contribution in [2.75, 3.05) is 19.5 Å². The Labute approximate surface area is 107 Å². The van der Waals surface area contributed by atoms with Crippen LogP contribution in [0.1, 0.15) is 16.9 Å². The van der Waals surface area contributed by atoms with Gasteiger partial charge in [-0.05, 0) is 25.0 Å². The van der Waals surface area contributed by atoms with E-state index in [0.717, 1.165) is 24.4 Å². The number of anilines is 1. The van der Waals surface area contributed by atoms with Crippen LogP contribution in [0.25, 0.3) is 0 Å². The van der Waals surface area contributed by atoms with Gasteiger partial charge in [0.25, 0.3) is 6.01 Å². The van der Waals surface area contributed by atoms with E-state index in [1.807, 2.05) is 6.07 Å². The normalized spacial score (nSPS) is 10.4. The van der Waals surface area contributed by atoms with Crippen molar-refractivity contribution in [1.29, 1.82) is 0 Å². The summed E-state index contributed by atoms with van der Waals surface area (Å²) in [6.07, 6.45) is 3.45. The lowest BCUT2D eigenvalue weighted by Gasteiger charge is -2.08. The van der Waals surface area contributed by atoms with E-state index in [9.17, 15) is 0 Å². The van der Waals surface area contributed by atoms with E-state index >= 15 is 0 Å². The van der Waals surface area contributed by atoms with Gasteiger partial charge in [-0.15, -0.1) is 0 Å². The van der Waals surface area contributed by atoms with Crippen LogP contribution in [0.2, 0.25) is 0 Å². The highest BCUT2D eigenvalue weighted by atomic mass is 16.5. The summed E-state index contributed by atoms with van der Waals surface area (Å²) >= 11 is 0. The lowest BCUT2D eigenvalue weighted by Crippen LogP contribution is -1.95. The Morgan fingerprint density at radius 2 is 2.17 bits per heavy atom. The SMILES string of the molecule is CNc1ncc(CCc2cc(C)ccc2OC)o1. The molecule has 0 saturated carbocycles. The fourth-order valence-electron chi connectivity index (χ4n) is 1.90. The predicted octanol–water partition coefficient (Wildman–Crippen LogP) is 2.82. The molecule has 0 unspecified atom stereocenters. The van der Waals surface area contributed by atoms with Crippen molar-refractivity contribution in [3.05, 3.63) is 41.3 Å². The van der Waals surface area contributed by atoms with E-state index in [1.165, 1.54) is 11.1 Å². The number of rotatable bonds is 5. The molecule has 0 aliphatic heterocycles. The van der Waals surface area contributed by atoms with Crippen LogP contribution in [-0.2, 0) is 12.8 Å². The minimum atomic E-state index is 0.557. The van der Waals surface area contributed by atoms with E-state index in [4.69, 9.17) is 9.15 Å². The second kappa shape index (κ2) is 5.58. The fraction of sp³-hybridized carbons (Fsp3) is 0.357. The lowest BCUT2D eigenvalue weighted by molar-refractivity contribution is 0.408. The minimum absolute atomic E-state index is 0.557. The van der Waals surface area contributed by atoms with Gasteiger partial charge in [0.15, 0.2) is 0 Å². The quantitative estimate of drug-likeness (QED) is 0.881. The van der Waals surface area contributed by atoms with E-state index in [2.05, 4.69) is 29.4 Å². The molecule has 0 amide bonds. The summed E-state index contributed by atoms with van der Waals surface area (Å²) in [6.45, 7) is 2.08. The summed E-state index contributed by atoms with van der Waals surface area (Å²) in [5, 5.41) is 2.87. The van der Waals surface area contributed by atoms with E-state index < -0.39 is 0 Å². The predicted molar refractivity (Wildman–Crippen MR) is 71.2 cm³/mol. The molecule has 1 aromatic heterocycles. The van der Waals surface area contributed by atoms with Crippen molar-refractivity contribution in [2.24, 2.45) is 0 Å². The number of methoxy groups -OCH3 is 1. The smallest absolute Gasteiger partial charge is 0.294 e. The molecule has 0 atom stereocenters. The monoisotopic (exact) mass is 246 g/mol. The lowest BCUT2D eigenvalue weighted by atomic mass is 10.1. The van der Waals surface area contributed by atoms with Crippen molar-refractivity contribution in [3.63, 3.8) is 0 Å². The zero-order valence-corrected chi connectivity index (χ0v) is 11.0. The second-order valence-electron chi connectivity index (χ2n) is 4.20. The van der Waals surface area contributed by atoms with Gasteiger partial charge in [0.1, 0.15) is 11.5 Å². The van der Waals surface area contributed by atoms with Crippen LogP contribution in [0.15, 0.2) is 28.8 Å². The molecule has 0 aliphatic rings. The zero-order chi connectivity index (χ0) is 13.0. The number of nitrogens with one attached hydrogen (secondary N) is 1. The average Bonchev–Trinajstić information content (AvgIpc) is 2.84. The highest BCUT2D eigenvalue weighted by molar-refractivity contribution is 5.37. The molecule has 0 radical (unpaired) electrons. The van der Waals surface area contributed by atoms with E-state index in [0.29, 0.717) is 6.01 Å². The molecule has 96 valence electrons. The van der Waals surface area contributed by atoms with Gasteiger partial charge >= 0.3 is 0 Å². The third-order valence-electron chi connectivity index (χ3n) is 2.84. The summed E-state index contributed by atoms with van der Waals surface area (Å²) in [4.78, 5) is 4.10. The maximum Gasteiger partial charge on any atom is 0.294 e. The Balaban J connectivity index is 2.07. The van der Waals surface area contributed by atoms with Gasteiger partial charge < -0.3 is 14.5 Å². The van der Waals surface area contributed by atoms with Crippen molar-refractivity contribution in [3.8, 4) is 5.75 Å². The molecule has 18 heavy (non-hydrogen) atoms. The highest BCUT2D eigenvalue weighted by Gasteiger charge is 2.06. The number of oxazole rings is 1. The number of benzene rings is 1. The molecule has 0 spiro atoms. The van der Waals surface area contributed by atoms with Gasteiger partial charge in [0, 0.05) is 13.5 Å². The second-order valence-corrected chi connectivity index (χ2v) is 4.20. The van der Waals surface area contributed by atoms with Crippen LogP contribution < -0.4 is 10.1 Å². The first-order valence-corrected chi connectivity index (χ1v) is 5.99. The van der Waals surface area contributed by atoms with Crippen molar-refractivity contribution >= 4 is 6.01 Å². The van der Waals surface area contributed by atoms with Crippen molar-refractivity contribution in [1.82, 2.24) is 4.98 Å². The Kier molecular flexibility index (Phi) is 3.87. The maximum atomic E-state index is 5.50. The van der Waals surface area contributed by atoms with Crippen molar-refractivity contribution < 1.29 is 9.15 Å². The number of aryl methyl sites for hydroxylation is 3. The van der Waals surface area contributed by atoms with Gasteiger partial charge in [-0.25, -0.2) is 4.98 Å². The molecule has 0 fully saturated rings. The molecule has 2 rings (SSSR count). The first kappa shape index (κ1) is 12.5. The molecular weight excluding hydrogens is 228 g/mol. The Bertz CT molecular complexity index is 520. The number of nitrogens with zero attached hydrogens (tertiary/aromatic N) is 1. The van der Waals surface area contributed by atoms with Crippen LogP contribution in [0.3, 0.4) is 0 Å². The number of ether oxygens (including phenoxy) is 1. The molecule has 0 saturated heterocycles.